The zero-order valence-corrected chi connectivity index (χ0v) is 17.6. The Labute approximate surface area is 169 Å². The van der Waals surface area contributed by atoms with Crippen LogP contribution in [0.25, 0.3) is 16.3 Å². The topological polar surface area (TPSA) is 9.23 Å². The molecule has 24 heavy (non-hydrogen) atoms. The van der Waals surface area contributed by atoms with E-state index in [2.05, 4.69) is 70.2 Å². The summed E-state index contributed by atoms with van der Waals surface area (Å²) in [4.78, 5) is 0. The van der Waals surface area contributed by atoms with Gasteiger partial charge < -0.3 is 0 Å². The fourth-order valence-corrected chi connectivity index (χ4v) is 3.80. The Balaban J connectivity index is 0.00000144. The summed E-state index contributed by atoms with van der Waals surface area (Å²) in [5.41, 5.74) is 6.90. The van der Waals surface area contributed by atoms with Crippen LogP contribution in [0.1, 0.15) is 44.9 Å². The second-order valence-electron chi connectivity index (χ2n) is 6.19. The predicted molar refractivity (Wildman–Crippen MR) is 103 cm³/mol. The fraction of sp³-hybridized carbons (Fsp3) is 0.300. The van der Waals surface area contributed by atoms with Crippen molar-refractivity contribution in [2.75, 3.05) is 0 Å². The van der Waals surface area contributed by atoms with Gasteiger partial charge in [-0.1, -0.05) is 0 Å². The van der Waals surface area contributed by atoms with E-state index in [0.29, 0.717) is 5.92 Å². The molecule has 0 aromatic heterocycles. The molecule has 1 aliphatic rings. The number of fused-ring (bicyclic) bond motifs is 1. The SMILES string of the molecule is CC1=CC(C)C(c2ccc3ccccc3c2C(C)[O][Ti])=C1C.Cl.Cl. The summed E-state index contributed by atoms with van der Waals surface area (Å²) in [7, 11) is 0. The second-order valence-corrected chi connectivity index (χ2v) is 6.55. The number of benzene rings is 2. The first kappa shape index (κ1) is 21.5. The minimum absolute atomic E-state index is 0. The molecule has 2 unspecified atom stereocenters. The zero-order chi connectivity index (χ0) is 15.9. The Morgan fingerprint density at radius 1 is 1.04 bits per heavy atom. The van der Waals surface area contributed by atoms with Crippen LogP contribution in [-0.4, -0.2) is 0 Å². The van der Waals surface area contributed by atoms with Crippen LogP contribution in [0.5, 0.6) is 0 Å². The van der Waals surface area contributed by atoms with Crippen molar-refractivity contribution in [3.63, 3.8) is 0 Å². The summed E-state index contributed by atoms with van der Waals surface area (Å²) in [5, 5.41) is 2.57. The van der Waals surface area contributed by atoms with Gasteiger partial charge in [-0.15, -0.1) is 24.8 Å². The molecule has 2 aromatic carbocycles. The third kappa shape index (κ3) is 3.66. The molecular weight excluding hydrogens is 375 g/mol. The van der Waals surface area contributed by atoms with Crippen LogP contribution in [0, 0.1) is 5.92 Å². The molecule has 127 valence electrons. The van der Waals surface area contributed by atoms with Crippen LogP contribution in [0.4, 0.5) is 0 Å². The van der Waals surface area contributed by atoms with E-state index in [9.17, 15) is 0 Å². The van der Waals surface area contributed by atoms with Crippen molar-refractivity contribution in [2.45, 2.75) is 33.8 Å². The maximum Gasteiger partial charge on any atom is -0.147 e. The molecule has 0 N–H and O–H groups in total. The van der Waals surface area contributed by atoms with Gasteiger partial charge in [0.1, 0.15) is 0 Å². The molecule has 0 saturated carbocycles. The molecular formula is C20H23Cl2OTi. The maximum absolute atomic E-state index is 5.70. The minimum Gasteiger partial charge on any atom is -0.147 e. The van der Waals surface area contributed by atoms with E-state index in [1.54, 1.807) is 20.8 Å². The van der Waals surface area contributed by atoms with E-state index in [1.807, 2.05) is 0 Å². The van der Waals surface area contributed by atoms with Crippen LogP contribution in [0.15, 0.2) is 53.6 Å². The maximum atomic E-state index is 5.70. The monoisotopic (exact) mass is 397 g/mol. The standard InChI is InChI=1S/C20H21O.2ClH.Ti/c1-12-11-13(2)19(14(12)3)18-10-9-16-7-5-6-8-17(16)20(18)15(4)21;;;/h5-11,13,15H,1-4H3;2*1H;/q-1;;;+1. The Morgan fingerprint density at radius 2 is 1.71 bits per heavy atom. The Bertz CT molecular complexity index is 795. The van der Waals surface area contributed by atoms with Gasteiger partial charge in [-0.05, 0) is 0 Å². The first-order chi connectivity index (χ1) is 10.5. The largest absolute Gasteiger partial charge is 0.147 e. The van der Waals surface area contributed by atoms with Crippen molar-refractivity contribution in [1.29, 1.82) is 0 Å². The molecule has 0 radical (unpaired) electrons. The van der Waals surface area contributed by atoms with Crippen LogP contribution in [-0.2, 0) is 24.1 Å². The van der Waals surface area contributed by atoms with Gasteiger partial charge in [0.25, 0.3) is 0 Å². The average Bonchev–Trinajstić information content (AvgIpc) is 2.78. The Hall–Kier alpha value is -0.566. The van der Waals surface area contributed by atoms with Crippen molar-refractivity contribution in [2.24, 2.45) is 5.92 Å². The van der Waals surface area contributed by atoms with Gasteiger partial charge in [-0.2, -0.15) is 0 Å². The van der Waals surface area contributed by atoms with Gasteiger partial charge in [0.05, 0.1) is 0 Å². The van der Waals surface area contributed by atoms with Gasteiger partial charge in [0.15, 0.2) is 0 Å². The summed E-state index contributed by atoms with van der Waals surface area (Å²) in [6.45, 7) is 8.87. The quantitative estimate of drug-likeness (QED) is 0.530. The molecule has 1 nitrogen and oxygen atoms in total. The van der Waals surface area contributed by atoms with Gasteiger partial charge in [0, 0.05) is 0 Å². The van der Waals surface area contributed by atoms with E-state index in [4.69, 9.17) is 3.32 Å². The predicted octanol–water partition coefficient (Wildman–Crippen LogP) is 6.59. The van der Waals surface area contributed by atoms with Gasteiger partial charge in [-0.3, -0.25) is 0 Å². The molecule has 0 heterocycles. The summed E-state index contributed by atoms with van der Waals surface area (Å²) < 4.78 is 5.70. The van der Waals surface area contributed by atoms with Crippen LogP contribution in [0.3, 0.4) is 0 Å². The molecule has 0 amide bonds. The van der Waals surface area contributed by atoms with E-state index < -0.39 is 0 Å². The summed E-state index contributed by atoms with van der Waals surface area (Å²) >= 11 is 1.79. The van der Waals surface area contributed by atoms with Gasteiger partial charge in [0.2, 0.25) is 0 Å². The van der Waals surface area contributed by atoms with Crippen LogP contribution >= 0.6 is 24.8 Å². The number of allylic oxidation sites excluding steroid dienone is 4. The molecule has 4 heteroatoms. The molecule has 3 rings (SSSR count). The summed E-state index contributed by atoms with van der Waals surface area (Å²) in [6, 6.07) is 13.1. The van der Waals surface area contributed by atoms with E-state index >= 15 is 0 Å². The average molecular weight is 398 g/mol. The van der Waals surface area contributed by atoms with Crippen LogP contribution in [0.2, 0.25) is 0 Å². The fourth-order valence-electron chi connectivity index (χ4n) is 3.61. The molecule has 2 aromatic rings. The normalized spacial score (nSPS) is 18.0. The van der Waals surface area contributed by atoms with Crippen molar-refractivity contribution >= 4 is 41.2 Å². The first-order valence-corrected chi connectivity index (χ1v) is 8.42. The van der Waals surface area contributed by atoms with E-state index in [-0.39, 0.29) is 30.9 Å². The molecule has 2 atom stereocenters. The number of hydrogen-bond donors (Lipinski definition) is 0. The van der Waals surface area contributed by atoms with E-state index in [1.165, 1.54) is 38.6 Å². The molecule has 0 fully saturated rings. The van der Waals surface area contributed by atoms with Crippen LogP contribution < -0.4 is 0 Å². The molecule has 1 aliphatic carbocycles. The van der Waals surface area contributed by atoms with Crippen molar-refractivity contribution in [3.05, 3.63) is 64.7 Å². The molecule has 0 aliphatic heterocycles. The smallest absolute Gasteiger partial charge is 0.147 e. The van der Waals surface area contributed by atoms with Crippen molar-refractivity contribution in [1.82, 2.24) is 0 Å². The van der Waals surface area contributed by atoms with Crippen molar-refractivity contribution < 1.29 is 24.1 Å². The number of halogens is 2. The summed E-state index contributed by atoms with van der Waals surface area (Å²) in [5.74, 6) is 0.462. The number of hydrogen-bond acceptors (Lipinski definition) is 1. The molecule has 0 saturated heterocycles. The van der Waals surface area contributed by atoms with Gasteiger partial charge in [-0.25, -0.2) is 0 Å². The third-order valence-electron chi connectivity index (χ3n) is 4.80. The Kier molecular flexibility index (Phi) is 7.78. The Morgan fingerprint density at radius 3 is 2.29 bits per heavy atom. The number of rotatable bonds is 3. The zero-order valence-electron chi connectivity index (χ0n) is 14.4. The molecule has 0 spiro atoms. The van der Waals surface area contributed by atoms with Gasteiger partial charge >= 0.3 is 145 Å². The second kappa shape index (κ2) is 8.69. The minimum atomic E-state index is 0. The summed E-state index contributed by atoms with van der Waals surface area (Å²) in [6.07, 6.45) is 2.44. The van der Waals surface area contributed by atoms with E-state index in [0.717, 1.165) is 0 Å². The first-order valence-electron chi connectivity index (χ1n) is 7.78. The van der Waals surface area contributed by atoms with Crippen molar-refractivity contribution in [3.8, 4) is 0 Å². The molecule has 0 bridgehead atoms. The third-order valence-corrected chi connectivity index (χ3v) is 5.35.